The highest BCUT2D eigenvalue weighted by atomic mass is 16.3. The lowest BCUT2D eigenvalue weighted by atomic mass is 10.1. The summed E-state index contributed by atoms with van der Waals surface area (Å²) in [6.45, 7) is 2.59. The van der Waals surface area contributed by atoms with Crippen molar-refractivity contribution in [2.45, 2.75) is 32.3 Å². The van der Waals surface area contributed by atoms with Crippen LogP contribution in [-0.4, -0.2) is 17.6 Å². The predicted molar refractivity (Wildman–Crippen MR) is 88.8 cm³/mol. The van der Waals surface area contributed by atoms with E-state index in [1.807, 2.05) is 54.6 Å². The van der Waals surface area contributed by atoms with E-state index in [0.717, 1.165) is 18.4 Å². The summed E-state index contributed by atoms with van der Waals surface area (Å²) in [4.78, 5) is 12.0. The standard InChI is InChI=1S/C19H23NO2/c1-2-6-15-9-11-17(12-10-15)19(22)20-14-13-18(21)16-7-4-3-5-8-16/h3-5,7-12,18,21H,2,6,13-14H2,1H3,(H,20,22). The van der Waals surface area contributed by atoms with Crippen LogP contribution in [0.4, 0.5) is 0 Å². The summed E-state index contributed by atoms with van der Waals surface area (Å²) < 4.78 is 0. The molecule has 0 bridgehead atoms. The first-order valence-electron chi connectivity index (χ1n) is 7.81. The Morgan fingerprint density at radius 2 is 1.77 bits per heavy atom. The van der Waals surface area contributed by atoms with Gasteiger partial charge < -0.3 is 10.4 Å². The molecular weight excluding hydrogens is 274 g/mol. The lowest BCUT2D eigenvalue weighted by molar-refractivity contribution is 0.0942. The van der Waals surface area contributed by atoms with Gasteiger partial charge in [-0.3, -0.25) is 4.79 Å². The minimum absolute atomic E-state index is 0.0942. The summed E-state index contributed by atoms with van der Waals surface area (Å²) in [5.41, 5.74) is 2.79. The molecule has 0 fully saturated rings. The van der Waals surface area contributed by atoms with E-state index >= 15 is 0 Å². The third kappa shape index (κ3) is 4.71. The van der Waals surface area contributed by atoms with Crippen LogP contribution in [0.1, 0.15) is 47.4 Å². The minimum Gasteiger partial charge on any atom is -0.388 e. The monoisotopic (exact) mass is 297 g/mol. The zero-order valence-electron chi connectivity index (χ0n) is 13.0. The van der Waals surface area contributed by atoms with Gasteiger partial charge in [-0.05, 0) is 36.1 Å². The molecule has 0 aliphatic carbocycles. The first-order chi connectivity index (χ1) is 10.7. The Morgan fingerprint density at radius 3 is 2.41 bits per heavy atom. The van der Waals surface area contributed by atoms with Crippen LogP contribution in [0.2, 0.25) is 0 Å². The average molecular weight is 297 g/mol. The number of amides is 1. The molecule has 0 aromatic heterocycles. The van der Waals surface area contributed by atoms with Crippen molar-refractivity contribution in [3.05, 3.63) is 71.3 Å². The van der Waals surface area contributed by atoms with Gasteiger partial charge in [0.05, 0.1) is 6.10 Å². The molecule has 0 spiro atoms. The van der Waals surface area contributed by atoms with E-state index in [2.05, 4.69) is 12.2 Å². The van der Waals surface area contributed by atoms with Gasteiger partial charge in [0.25, 0.3) is 5.91 Å². The van der Waals surface area contributed by atoms with Crippen LogP contribution in [0.5, 0.6) is 0 Å². The molecule has 0 saturated heterocycles. The summed E-state index contributed by atoms with van der Waals surface area (Å²) in [6.07, 6.45) is 2.09. The average Bonchev–Trinajstić information content (AvgIpc) is 2.56. The highest BCUT2D eigenvalue weighted by molar-refractivity contribution is 5.94. The molecule has 2 N–H and O–H groups in total. The van der Waals surface area contributed by atoms with E-state index in [0.29, 0.717) is 18.5 Å². The third-order valence-electron chi connectivity index (χ3n) is 3.64. The molecule has 2 aromatic carbocycles. The third-order valence-corrected chi connectivity index (χ3v) is 3.64. The van der Waals surface area contributed by atoms with Crippen LogP contribution < -0.4 is 5.32 Å². The van der Waals surface area contributed by atoms with Crippen LogP contribution in [0.15, 0.2) is 54.6 Å². The van der Waals surface area contributed by atoms with Crippen molar-refractivity contribution in [3.8, 4) is 0 Å². The maximum Gasteiger partial charge on any atom is 0.251 e. The van der Waals surface area contributed by atoms with E-state index < -0.39 is 6.10 Å². The number of nitrogens with one attached hydrogen (secondary N) is 1. The summed E-state index contributed by atoms with van der Waals surface area (Å²) in [5, 5.41) is 12.9. The maximum atomic E-state index is 12.0. The quantitative estimate of drug-likeness (QED) is 0.822. The van der Waals surface area contributed by atoms with Crippen LogP contribution in [-0.2, 0) is 6.42 Å². The molecule has 3 heteroatoms. The van der Waals surface area contributed by atoms with E-state index in [4.69, 9.17) is 0 Å². The number of benzene rings is 2. The molecule has 1 amide bonds. The van der Waals surface area contributed by atoms with Crippen molar-refractivity contribution in [2.75, 3.05) is 6.54 Å². The van der Waals surface area contributed by atoms with Crippen molar-refractivity contribution >= 4 is 5.91 Å². The van der Waals surface area contributed by atoms with E-state index in [1.165, 1.54) is 5.56 Å². The van der Waals surface area contributed by atoms with Gasteiger partial charge in [-0.15, -0.1) is 0 Å². The Bertz CT molecular complexity index is 578. The van der Waals surface area contributed by atoms with Crippen molar-refractivity contribution in [3.63, 3.8) is 0 Å². The SMILES string of the molecule is CCCc1ccc(C(=O)NCCC(O)c2ccccc2)cc1. The van der Waals surface area contributed by atoms with Gasteiger partial charge in [-0.1, -0.05) is 55.8 Å². The molecule has 2 rings (SSSR count). The molecule has 1 unspecified atom stereocenters. The number of aliphatic hydroxyl groups is 1. The molecule has 1 atom stereocenters. The molecular formula is C19H23NO2. The Balaban J connectivity index is 1.80. The van der Waals surface area contributed by atoms with E-state index in [1.54, 1.807) is 0 Å². The topological polar surface area (TPSA) is 49.3 Å². The molecule has 116 valence electrons. The zero-order chi connectivity index (χ0) is 15.8. The van der Waals surface area contributed by atoms with Gasteiger partial charge in [0.1, 0.15) is 0 Å². The largest absolute Gasteiger partial charge is 0.388 e. The minimum atomic E-state index is -0.548. The molecule has 3 nitrogen and oxygen atoms in total. The lowest BCUT2D eigenvalue weighted by Gasteiger charge is -2.11. The Kier molecular flexibility index (Phi) is 6.16. The summed E-state index contributed by atoms with van der Waals surface area (Å²) >= 11 is 0. The highest BCUT2D eigenvalue weighted by Gasteiger charge is 2.09. The van der Waals surface area contributed by atoms with Gasteiger partial charge in [0, 0.05) is 12.1 Å². The fraction of sp³-hybridized carbons (Fsp3) is 0.316. The van der Waals surface area contributed by atoms with Crippen LogP contribution >= 0.6 is 0 Å². The smallest absolute Gasteiger partial charge is 0.251 e. The number of aliphatic hydroxyl groups excluding tert-OH is 1. The van der Waals surface area contributed by atoms with E-state index in [9.17, 15) is 9.90 Å². The van der Waals surface area contributed by atoms with Crippen molar-refractivity contribution in [1.29, 1.82) is 0 Å². The number of aryl methyl sites for hydroxylation is 1. The molecule has 0 saturated carbocycles. The second-order valence-electron chi connectivity index (χ2n) is 5.42. The van der Waals surface area contributed by atoms with Gasteiger partial charge >= 0.3 is 0 Å². The van der Waals surface area contributed by atoms with Crippen molar-refractivity contribution < 1.29 is 9.90 Å². The van der Waals surface area contributed by atoms with Crippen molar-refractivity contribution in [2.24, 2.45) is 0 Å². The second-order valence-corrected chi connectivity index (χ2v) is 5.42. The number of carbonyl (C=O) groups excluding carboxylic acids is 1. The normalized spacial score (nSPS) is 11.9. The Hall–Kier alpha value is -2.13. The second kappa shape index (κ2) is 8.35. The van der Waals surface area contributed by atoms with Crippen molar-refractivity contribution in [1.82, 2.24) is 5.32 Å². The summed E-state index contributed by atoms with van der Waals surface area (Å²) in [7, 11) is 0. The van der Waals surface area contributed by atoms with Gasteiger partial charge in [0.15, 0.2) is 0 Å². The van der Waals surface area contributed by atoms with Crippen LogP contribution in [0, 0.1) is 0 Å². The number of hydrogen-bond acceptors (Lipinski definition) is 2. The maximum absolute atomic E-state index is 12.0. The molecule has 22 heavy (non-hydrogen) atoms. The van der Waals surface area contributed by atoms with Crippen LogP contribution in [0.3, 0.4) is 0 Å². The molecule has 2 aromatic rings. The van der Waals surface area contributed by atoms with Gasteiger partial charge in [0.2, 0.25) is 0 Å². The van der Waals surface area contributed by atoms with Gasteiger partial charge in [-0.2, -0.15) is 0 Å². The molecule has 0 radical (unpaired) electrons. The highest BCUT2D eigenvalue weighted by Crippen LogP contribution is 2.15. The fourth-order valence-electron chi connectivity index (χ4n) is 2.38. The Morgan fingerprint density at radius 1 is 1.09 bits per heavy atom. The number of carbonyl (C=O) groups is 1. The molecule has 0 heterocycles. The first kappa shape index (κ1) is 16.2. The molecule has 0 aliphatic rings. The zero-order valence-corrected chi connectivity index (χ0v) is 13.0. The Labute approximate surface area is 132 Å². The van der Waals surface area contributed by atoms with Crippen LogP contribution in [0.25, 0.3) is 0 Å². The molecule has 0 aliphatic heterocycles. The van der Waals surface area contributed by atoms with E-state index in [-0.39, 0.29) is 5.91 Å². The summed E-state index contributed by atoms with van der Waals surface area (Å²) in [5.74, 6) is -0.0942. The first-order valence-corrected chi connectivity index (χ1v) is 7.81. The van der Waals surface area contributed by atoms with Gasteiger partial charge in [-0.25, -0.2) is 0 Å². The lowest BCUT2D eigenvalue weighted by Crippen LogP contribution is -2.25. The number of hydrogen-bond donors (Lipinski definition) is 2. The number of rotatable bonds is 7. The fourth-order valence-corrected chi connectivity index (χ4v) is 2.38. The summed E-state index contributed by atoms with van der Waals surface area (Å²) in [6, 6.07) is 17.2. The predicted octanol–water partition coefficient (Wildman–Crippen LogP) is 3.49.